The Balaban J connectivity index is 1.37. The molecular weight excluding hydrogens is 506 g/mol. The van der Waals surface area contributed by atoms with Crippen molar-refractivity contribution in [1.82, 2.24) is 18.9 Å². The first kappa shape index (κ1) is 26.3. The van der Waals surface area contributed by atoms with Gasteiger partial charge in [-0.1, -0.05) is 12.1 Å². The first-order valence-electron chi connectivity index (χ1n) is 13.9. The third-order valence-electron chi connectivity index (χ3n) is 8.28. The molecule has 0 unspecified atom stereocenters. The zero-order valence-electron chi connectivity index (χ0n) is 23.3. The Morgan fingerprint density at radius 3 is 2.67 bits per heavy atom. The lowest BCUT2D eigenvalue weighted by molar-refractivity contribution is 0.0964. The van der Waals surface area contributed by atoms with Gasteiger partial charge in [0, 0.05) is 63.7 Å². The van der Waals surface area contributed by atoms with Gasteiger partial charge in [0.05, 0.1) is 30.3 Å². The number of anilines is 1. The van der Waals surface area contributed by atoms with E-state index in [1.807, 2.05) is 37.4 Å². The Labute approximate surface area is 233 Å². The van der Waals surface area contributed by atoms with Crippen LogP contribution in [0.25, 0.3) is 11.1 Å². The lowest BCUT2D eigenvalue weighted by Gasteiger charge is -2.31. The number of hydrogen-bond donors (Lipinski definition) is 1. The fraction of sp³-hybridized carbons (Fsp3) is 0.387. The number of fused-ring (bicyclic) bond motifs is 3. The second kappa shape index (κ2) is 10.6. The van der Waals surface area contributed by atoms with Crippen LogP contribution in [0.2, 0.25) is 0 Å². The van der Waals surface area contributed by atoms with Gasteiger partial charge in [-0.05, 0) is 66.6 Å². The van der Waals surface area contributed by atoms with Crippen molar-refractivity contribution in [3.05, 3.63) is 92.4 Å². The molecule has 0 spiro atoms. The van der Waals surface area contributed by atoms with Crippen molar-refractivity contribution in [2.24, 2.45) is 14.1 Å². The van der Waals surface area contributed by atoms with Gasteiger partial charge in [0.1, 0.15) is 5.69 Å². The molecule has 0 bridgehead atoms. The smallest absolute Gasteiger partial charge is 0.274 e. The summed E-state index contributed by atoms with van der Waals surface area (Å²) >= 11 is 0. The summed E-state index contributed by atoms with van der Waals surface area (Å²) < 4.78 is 10.8. The second-order valence-corrected chi connectivity index (χ2v) is 10.8. The third-order valence-corrected chi connectivity index (χ3v) is 8.28. The maximum absolute atomic E-state index is 13.7. The monoisotopic (exact) mass is 541 g/mol. The van der Waals surface area contributed by atoms with Gasteiger partial charge in [-0.25, -0.2) is 0 Å². The minimum absolute atomic E-state index is 0.0318. The summed E-state index contributed by atoms with van der Waals surface area (Å²) in [6, 6.07) is 11.6. The second-order valence-electron chi connectivity index (χ2n) is 10.8. The predicted octanol–water partition coefficient (Wildman–Crippen LogP) is 3.36. The number of nitrogens with zero attached hydrogens (tertiary/aromatic N) is 5. The van der Waals surface area contributed by atoms with E-state index in [0.29, 0.717) is 36.4 Å². The number of benzene rings is 1. The van der Waals surface area contributed by atoms with Gasteiger partial charge in [-0.3, -0.25) is 14.3 Å². The number of hydrogen-bond acceptors (Lipinski definition) is 5. The summed E-state index contributed by atoms with van der Waals surface area (Å²) in [5.74, 6) is -0.0318. The van der Waals surface area contributed by atoms with Crippen molar-refractivity contribution in [3.63, 3.8) is 0 Å². The van der Waals surface area contributed by atoms with Crippen molar-refractivity contribution >= 4 is 11.6 Å². The van der Waals surface area contributed by atoms with Crippen LogP contribution in [0.15, 0.2) is 47.4 Å². The Morgan fingerprint density at radius 2 is 1.88 bits per heavy atom. The van der Waals surface area contributed by atoms with Crippen LogP contribution in [0.3, 0.4) is 0 Å². The molecule has 1 aliphatic carbocycles. The van der Waals surface area contributed by atoms with Crippen molar-refractivity contribution in [2.45, 2.75) is 51.9 Å². The molecule has 208 valence electrons. The highest BCUT2D eigenvalue weighted by Gasteiger charge is 2.31. The molecule has 1 aliphatic heterocycles. The van der Waals surface area contributed by atoms with Crippen molar-refractivity contribution < 1.29 is 14.6 Å². The molecule has 4 aromatic rings. The summed E-state index contributed by atoms with van der Waals surface area (Å²) in [5.41, 5.74) is 8.55. The van der Waals surface area contributed by atoms with Gasteiger partial charge in [-0.15, -0.1) is 0 Å². The highest BCUT2D eigenvalue weighted by atomic mass is 16.5. The molecule has 0 atom stereocenters. The molecular formula is C31H35N5O4. The van der Waals surface area contributed by atoms with E-state index < -0.39 is 0 Å². The maximum atomic E-state index is 13.7. The number of methoxy groups -OCH3 is 1. The molecule has 9 heteroatoms. The van der Waals surface area contributed by atoms with Crippen LogP contribution in [0.5, 0.6) is 0 Å². The first-order valence-corrected chi connectivity index (χ1v) is 13.9. The number of ether oxygens (including phenoxy) is 1. The average molecular weight is 542 g/mol. The Morgan fingerprint density at radius 1 is 1.05 bits per heavy atom. The summed E-state index contributed by atoms with van der Waals surface area (Å²) in [7, 11) is 5.23. The van der Waals surface area contributed by atoms with E-state index in [1.54, 1.807) is 34.5 Å². The van der Waals surface area contributed by atoms with Crippen LogP contribution in [-0.2, 0) is 57.9 Å². The van der Waals surface area contributed by atoms with Crippen LogP contribution < -0.4 is 10.5 Å². The van der Waals surface area contributed by atoms with Crippen molar-refractivity contribution in [2.75, 3.05) is 18.6 Å². The Bertz CT molecular complexity index is 1660. The minimum atomic E-state index is -0.231. The standard InChI is InChI=1S/C31H35N5O4/c1-33-17-22(13-21(30(33)38)14-23-16-24(19-40-3)34(2)32-23)25-8-6-10-28(26(25)18-37)36-12-11-35-27-9-5-4-7-20(27)15-29(35)31(36)39/h6,8,10,13,15-17,37H,4-5,7,9,11-12,14,18-19H2,1-3H3. The quantitative estimate of drug-likeness (QED) is 0.387. The van der Waals surface area contributed by atoms with Crippen molar-refractivity contribution in [1.29, 1.82) is 0 Å². The molecule has 1 aromatic carbocycles. The van der Waals surface area contributed by atoms with Crippen LogP contribution in [0.4, 0.5) is 5.69 Å². The maximum Gasteiger partial charge on any atom is 0.274 e. The van der Waals surface area contributed by atoms with E-state index in [9.17, 15) is 14.7 Å². The van der Waals surface area contributed by atoms with Crippen LogP contribution in [0, 0.1) is 0 Å². The van der Waals surface area contributed by atoms with E-state index in [2.05, 4.69) is 15.7 Å². The molecule has 0 saturated heterocycles. The number of aryl methyl sites for hydroxylation is 3. The van der Waals surface area contributed by atoms with Crippen molar-refractivity contribution in [3.8, 4) is 11.1 Å². The number of rotatable bonds is 7. The van der Waals surface area contributed by atoms with Gasteiger partial charge in [0.25, 0.3) is 11.5 Å². The normalized spacial score (nSPS) is 14.9. The molecule has 3 aromatic heterocycles. The van der Waals surface area contributed by atoms with Crippen LogP contribution >= 0.6 is 0 Å². The van der Waals surface area contributed by atoms with Gasteiger partial charge >= 0.3 is 0 Å². The zero-order valence-corrected chi connectivity index (χ0v) is 23.3. The summed E-state index contributed by atoms with van der Waals surface area (Å²) in [4.78, 5) is 28.6. The van der Waals surface area contributed by atoms with E-state index in [1.165, 1.54) is 24.1 Å². The van der Waals surface area contributed by atoms with E-state index >= 15 is 0 Å². The van der Waals surface area contributed by atoms with Crippen LogP contribution in [-0.4, -0.2) is 43.6 Å². The average Bonchev–Trinajstić information content (AvgIpc) is 3.51. The summed E-state index contributed by atoms with van der Waals surface area (Å²) in [5, 5.41) is 15.1. The van der Waals surface area contributed by atoms with Gasteiger partial charge < -0.3 is 23.9 Å². The topological polar surface area (TPSA) is 94.5 Å². The largest absolute Gasteiger partial charge is 0.392 e. The lowest BCUT2D eigenvalue weighted by Crippen LogP contribution is -2.41. The van der Waals surface area contributed by atoms with E-state index in [0.717, 1.165) is 47.6 Å². The lowest BCUT2D eigenvalue weighted by atomic mass is 9.97. The zero-order chi connectivity index (χ0) is 28.0. The number of aliphatic hydroxyl groups excluding tert-OH is 1. The number of aliphatic hydroxyl groups is 1. The molecule has 1 N–H and O–H groups in total. The Hall–Kier alpha value is -3.95. The number of aromatic nitrogens is 4. The number of carbonyl (C=O) groups is 1. The van der Waals surface area contributed by atoms with Gasteiger partial charge in [0.15, 0.2) is 0 Å². The number of amides is 1. The highest BCUT2D eigenvalue weighted by Crippen LogP contribution is 2.35. The molecule has 40 heavy (non-hydrogen) atoms. The molecule has 0 fully saturated rings. The summed E-state index contributed by atoms with van der Waals surface area (Å²) in [6.07, 6.45) is 6.56. The van der Waals surface area contributed by atoms with E-state index in [4.69, 9.17) is 4.74 Å². The minimum Gasteiger partial charge on any atom is -0.392 e. The number of carbonyl (C=O) groups excluding carboxylic acids is 1. The highest BCUT2D eigenvalue weighted by molar-refractivity contribution is 6.07. The van der Waals surface area contributed by atoms with E-state index in [-0.39, 0.29) is 18.1 Å². The fourth-order valence-electron chi connectivity index (χ4n) is 6.32. The fourth-order valence-corrected chi connectivity index (χ4v) is 6.32. The van der Waals surface area contributed by atoms with Gasteiger partial charge in [-0.2, -0.15) is 5.10 Å². The molecule has 6 rings (SSSR count). The van der Waals surface area contributed by atoms with Gasteiger partial charge in [0.2, 0.25) is 0 Å². The Kier molecular flexibility index (Phi) is 6.93. The SMILES string of the molecule is COCc1cc(Cc2cc(-c3cccc(N4CCn5c(cc6c5CCCC6)C4=O)c3CO)cn(C)c2=O)nn1C. The third kappa shape index (κ3) is 4.49. The molecule has 1 amide bonds. The van der Waals surface area contributed by atoms with Crippen LogP contribution in [0.1, 0.15) is 57.1 Å². The molecule has 0 radical (unpaired) electrons. The summed E-state index contributed by atoms with van der Waals surface area (Å²) in [6.45, 7) is 1.50. The number of pyridine rings is 1. The molecule has 2 aliphatic rings. The molecule has 4 heterocycles. The first-order chi connectivity index (χ1) is 19.4. The molecule has 9 nitrogen and oxygen atoms in total. The molecule has 0 saturated carbocycles. The predicted molar refractivity (Wildman–Crippen MR) is 153 cm³/mol.